The Labute approximate surface area is 161 Å². The van der Waals surface area contributed by atoms with Crippen LogP contribution in [0.2, 0.25) is 0 Å². The molecule has 3 amide bonds. The van der Waals surface area contributed by atoms with E-state index in [1.807, 2.05) is 31.2 Å². The molecule has 1 saturated heterocycles. The number of carbonyl (C=O) groups is 3. The summed E-state index contributed by atoms with van der Waals surface area (Å²) in [5, 5.41) is 2.21. The minimum atomic E-state index is -0.462. The summed E-state index contributed by atoms with van der Waals surface area (Å²) in [4.78, 5) is 38.1. The average molecular weight is 382 g/mol. The smallest absolute Gasteiger partial charge is 0.294 e. The number of hydrogen-bond donors (Lipinski definition) is 1. The van der Waals surface area contributed by atoms with Crippen molar-refractivity contribution >= 4 is 40.6 Å². The van der Waals surface area contributed by atoms with Crippen LogP contribution in [0.5, 0.6) is 5.75 Å². The van der Waals surface area contributed by atoms with E-state index >= 15 is 0 Å². The first-order valence-corrected chi connectivity index (χ1v) is 9.04. The second-order valence-electron chi connectivity index (χ2n) is 5.96. The molecule has 2 aromatic carbocycles. The van der Waals surface area contributed by atoms with Gasteiger partial charge in [0.25, 0.3) is 11.1 Å². The lowest BCUT2D eigenvalue weighted by Gasteiger charge is -2.12. The van der Waals surface area contributed by atoms with Crippen molar-refractivity contribution in [1.29, 1.82) is 0 Å². The zero-order chi connectivity index (χ0) is 19.4. The van der Waals surface area contributed by atoms with Gasteiger partial charge in [0.1, 0.15) is 12.3 Å². The number of carbonyl (C=O) groups excluding carboxylic acids is 3. The molecule has 0 radical (unpaired) electrons. The molecule has 0 atom stereocenters. The maximum absolute atomic E-state index is 12.5. The Hall–Kier alpha value is -3.06. The molecule has 0 aromatic heterocycles. The van der Waals surface area contributed by atoms with Crippen LogP contribution in [0.3, 0.4) is 0 Å². The lowest BCUT2D eigenvalue weighted by atomic mass is 10.1. The number of methoxy groups -OCH3 is 1. The van der Waals surface area contributed by atoms with Gasteiger partial charge in [-0.15, -0.1) is 0 Å². The molecule has 1 heterocycles. The standard InChI is InChI=1S/C20H18N2O4S/c1-13-4-3-5-14(10-13)11-17-19(24)22(20(25)27-17)12-18(23)21-15-6-8-16(26-2)9-7-15/h3-11H,12H2,1-2H3,(H,21,23)/b17-11-. The maximum atomic E-state index is 12.5. The molecule has 3 rings (SSSR count). The first-order chi connectivity index (χ1) is 13.0. The molecular formula is C20H18N2O4S. The summed E-state index contributed by atoms with van der Waals surface area (Å²) < 4.78 is 5.06. The normalized spacial score (nSPS) is 15.3. The monoisotopic (exact) mass is 382 g/mol. The third-order valence-electron chi connectivity index (χ3n) is 3.89. The first-order valence-electron chi connectivity index (χ1n) is 8.22. The van der Waals surface area contributed by atoms with Gasteiger partial charge in [-0.3, -0.25) is 19.3 Å². The summed E-state index contributed by atoms with van der Waals surface area (Å²) in [6.45, 7) is 1.62. The van der Waals surface area contributed by atoms with Crippen molar-refractivity contribution in [1.82, 2.24) is 4.90 Å². The molecule has 1 aliphatic rings. The highest BCUT2D eigenvalue weighted by Crippen LogP contribution is 2.32. The summed E-state index contributed by atoms with van der Waals surface area (Å²) in [6.07, 6.45) is 1.67. The first kappa shape index (κ1) is 18.7. The summed E-state index contributed by atoms with van der Waals surface area (Å²) in [6, 6.07) is 14.4. The van der Waals surface area contributed by atoms with Gasteiger partial charge >= 0.3 is 0 Å². The van der Waals surface area contributed by atoms with Crippen LogP contribution in [0.4, 0.5) is 10.5 Å². The van der Waals surface area contributed by atoms with Crippen molar-refractivity contribution in [2.75, 3.05) is 19.0 Å². The minimum absolute atomic E-state index is 0.308. The fourth-order valence-corrected chi connectivity index (χ4v) is 3.40. The van der Waals surface area contributed by atoms with E-state index < -0.39 is 17.1 Å². The summed E-state index contributed by atoms with van der Waals surface area (Å²) >= 11 is 0.838. The second-order valence-corrected chi connectivity index (χ2v) is 6.95. The SMILES string of the molecule is COc1ccc(NC(=O)CN2C(=O)S/C(=C\c3cccc(C)c3)C2=O)cc1. The van der Waals surface area contributed by atoms with Crippen LogP contribution in [0.25, 0.3) is 6.08 Å². The molecule has 7 heteroatoms. The number of nitrogens with one attached hydrogen (secondary N) is 1. The van der Waals surface area contributed by atoms with Gasteiger partial charge in [0.05, 0.1) is 12.0 Å². The molecule has 2 aromatic rings. The number of imide groups is 1. The van der Waals surface area contributed by atoms with Crippen LogP contribution in [-0.4, -0.2) is 35.6 Å². The maximum Gasteiger partial charge on any atom is 0.294 e. The van der Waals surface area contributed by atoms with Gasteiger partial charge in [0.15, 0.2) is 0 Å². The Balaban J connectivity index is 1.67. The topological polar surface area (TPSA) is 75.7 Å². The molecule has 0 bridgehead atoms. The molecule has 1 N–H and O–H groups in total. The molecule has 1 aliphatic heterocycles. The highest BCUT2D eigenvalue weighted by Gasteiger charge is 2.36. The number of thioether (sulfide) groups is 1. The van der Waals surface area contributed by atoms with Crippen molar-refractivity contribution in [2.45, 2.75) is 6.92 Å². The molecule has 0 aliphatic carbocycles. The van der Waals surface area contributed by atoms with Crippen molar-refractivity contribution in [2.24, 2.45) is 0 Å². The predicted octanol–water partition coefficient (Wildman–Crippen LogP) is 3.68. The van der Waals surface area contributed by atoms with Gasteiger partial charge in [-0.2, -0.15) is 0 Å². The highest BCUT2D eigenvalue weighted by molar-refractivity contribution is 8.18. The number of ether oxygens (including phenoxy) is 1. The van der Waals surface area contributed by atoms with E-state index in [0.717, 1.165) is 27.8 Å². The minimum Gasteiger partial charge on any atom is -0.497 e. The summed E-state index contributed by atoms with van der Waals surface area (Å²) in [5.74, 6) is -0.240. The van der Waals surface area contributed by atoms with Crippen LogP contribution < -0.4 is 10.1 Å². The zero-order valence-electron chi connectivity index (χ0n) is 14.9. The fourth-order valence-electron chi connectivity index (χ4n) is 2.57. The number of nitrogens with zero attached hydrogens (tertiary/aromatic N) is 1. The van der Waals surface area contributed by atoms with E-state index in [9.17, 15) is 14.4 Å². The van der Waals surface area contributed by atoms with Gasteiger partial charge in [-0.05, 0) is 54.6 Å². The molecule has 0 spiro atoms. The highest BCUT2D eigenvalue weighted by atomic mass is 32.2. The molecule has 27 heavy (non-hydrogen) atoms. The van der Waals surface area contributed by atoms with Gasteiger partial charge in [-0.1, -0.05) is 29.8 Å². The lowest BCUT2D eigenvalue weighted by Crippen LogP contribution is -2.36. The van der Waals surface area contributed by atoms with E-state index in [1.165, 1.54) is 0 Å². The Bertz CT molecular complexity index is 922. The van der Waals surface area contributed by atoms with Crippen LogP contribution in [0.1, 0.15) is 11.1 Å². The Kier molecular flexibility index (Phi) is 5.61. The van der Waals surface area contributed by atoms with Crippen LogP contribution in [0, 0.1) is 6.92 Å². The quantitative estimate of drug-likeness (QED) is 0.799. The Morgan fingerprint density at radius 2 is 1.93 bits per heavy atom. The molecular weight excluding hydrogens is 364 g/mol. The van der Waals surface area contributed by atoms with Gasteiger partial charge < -0.3 is 10.1 Å². The van der Waals surface area contributed by atoms with E-state index in [2.05, 4.69) is 5.32 Å². The van der Waals surface area contributed by atoms with E-state index in [4.69, 9.17) is 4.74 Å². The van der Waals surface area contributed by atoms with E-state index in [0.29, 0.717) is 16.3 Å². The zero-order valence-corrected chi connectivity index (χ0v) is 15.7. The van der Waals surface area contributed by atoms with E-state index in [-0.39, 0.29) is 6.54 Å². The molecule has 1 fully saturated rings. The lowest BCUT2D eigenvalue weighted by molar-refractivity contribution is -0.127. The average Bonchev–Trinajstić information content (AvgIpc) is 2.90. The number of rotatable bonds is 5. The molecule has 0 unspecified atom stereocenters. The van der Waals surface area contributed by atoms with Crippen LogP contribution in [0.15, 0.2) is 53.4 Å². The van der Waals surface area contributed by atoms with Gasteiger partial charge in [0, 0.05) is 5.69 Å². The number of amides is 3. The Morgan fingerprint density at radius 3 is 2.59 bits per heavy atom. The van der Waals surface area contributed by atoms with Gasteiger partial charge in [0.2, 0.25) is 5.91 Å². The largest absolute Gasteiger partial charge is 0.497 e. The fraction of sp³-hybridized carbons (Fsp3) is 0.150. The van der Waals surface area contributed by atoms with Crippen molar-refractivity contribution in [3.05, 3.63) is 64.6 Å². The summed E-state index contributed by atoms with van der Waals surface area (Å²) in [5.41, 5.74) is 2.45. The number of benzene rings is 2. The Morgan fingerprint density at radius 1 is 1.19 bits per heavy atom. The van der Waals surface area contributed by atoms with Crippen LogP contribution in [-0.2, 0) is 9.59 Å². The summed E-state index contributed by atoms with van der Waals surface area (Å²) in [7, 11) is 1.55. The van der Waals surface area contributed by atoms with E-state index in [1.54, 1.807) is 37.5 Å². The third kappa shape index (κ3) is 4.57. The van der Waals surface area contributed by atoms with Crippen molar-refractivity contribution in [3.63, 3.8) is 0 Å². The van der Waals surface area contributed by atoms with Gasteiger partial charge in [-0.25, -0.2) is 0 Å². The van der Waals surface area contributed by atoms with Crippen LogP contribution >= 0.6 is 11.8 Å². The molecule has 138 valence electrons. The number of hydrogen-bond acceptors (Lipinski definition) is 5. The predicted molar refractivity (Wildman–Crippen MR) is 105 cm³/mol. The molecule has 6 nitrogen and oxygen atoms in total. The number of aryl methyl sites for hydroxylation is 1. The van der Waals surface area contributed by atoms with Crippen molar-refractivity contribution in [3.8, 4) is 5.75 Å². The third-order valence-corrected chi connectivity index (χ3v) is 4.80. The number of anilines is 1. The second kappa shape index (κ2) is 8.09. The van der Waals surface area contributed by atoms with Crippen molar-refractivity contribution < 1.29 is 19.1 Å². The molecule has 0 saturated carbocycles.